The third-order valence-electron chi connectivity index (χ3n) is 4.44. The van der Waals surface area contributed by atoms with Gasteiger partial charge in [0.05, 0.1) is 5.56 Å². The fourth-order valence-electron chi connectivity index (χ4n) is 3.29. The van der Waals surface area contributed by atoms with Gasteiger partial charge in [-0.3, -0.25) is 4.79 Å². The van der Waals surface area contributed by atoms with Crippen molar-refractivity contribution in [2.75, 3.05) is 5.73 Å². The van der Waals surface area contributed by atoms with Crippen LogP contribution in [0, 0.1) is 23.2 Å². The van der Waals surface area contributed by atoms with Gasteiger partial charge in [-0.05, 0) is 63.9 Å². The van der Waals surface area contributed by atoms with Crippen LogP contribution in [0.2, 0.25) is 0 Å². The number of hydrogen-bond acceptors (Lipinski definition) is 5. The lowest BCUT2D eigenvalue weighted by Crippen LogP contribution is -2.24. The number of thiophene rings is 1. The van der Waals surface area contributed by atoms with Crippen molar-refractivity contribution in [1.29, 1.82) is 5.26 Å². The van der Waals surface area contributed by atoms with E-state index in [4.69, 9.17) is 10.5 Å². The largest absolute Gasteiger partial charge is 0.460 e. The van der Waals surface area contributed by atoms with Gasteiger partial charge in [0.15, 0.2) is 0 Å². The van der Waals surface area contributed by atoms with E-state index in [1.54, 1.807) is 11.3 Å². The number of aryl methyl sites for hydroxylation is 1. The highest BCUT2D eigenvalue weighted by atomic mass is 32.1. The maximum Gasteiger partial charge on any atom is 0.306 e. The summed E-state index contributed by atoms with van der Waals surface area (Å²) in [5.41, 5.74) is 7.35. The fraction of sp³-hybridized carbons (Fsp3) is 0.667. The van der Waals surface area contributed by atoms with Crippen molar-refractivity contribution in [2.24, 2.45) is 11.8 Å². The van der Waals surface area contributed by atoms with Crippen molar-refractivity contribution >= 4 is 22.3 Å². The Kier molecular flexibility index (Phi) is 5.36. The summed E-state index contributed by atoms with van der Waals surface area (Å²) in [6.07, 6.45) is 4.19. The number of hydrogen-bond donors (Lipinski definition) is 1. The van der Waals surface area contributed by atoms with Gasteiger partial charge in [-0.1, -0.05) is 6.92 Å². The molecule has 126 valence electrons. The second kappa shape index (κ2) is 6.92. The first kappa shape index (κ1) is 17.8. The van der Waals surface area contributed by atoms with Crippen molar-refractivity contribution < 1.29 is 9.53 Å². The number of rotatable bonds is 3. The highest BCUT2D eigenvalue weighted by Gasteiger charge is 2.28. The summed E-state index contributed by atoms with van der Waals surface area (Å²) < 4.78 is 5.40. The Labute approximate surface area is 142 Å². The summed E-state index contributed by atoms with van der Waals surface area (Å²) in [7, 11) is 0. The Morgan fingerprint density at radius 1 is 1.48 bits per heavy atom. The molecule has 0 fully saturated rings. The van der Waals surface area contributed by atoms with Crippen LogP contribution in [0.4, 0.5) is 5.00 Å². The molecule has 0 radical (unpaired) electrons. The van der Waals surface area contributed by atoms with Crippen molar-refractivity contribution in [3.05, 3.63) is 16.0 Å². The topological polar surface area (TPSA) is 76.1 Å². The van der Waals surface area contributed by atoms with E-state index < -0.39 is 5.60 Å². The van der Waals surface area contributed by atoms with E-state index in [-0.39, 0.29) is 5.97 Å². The summed E-state index contributed by atoms with van der Waals surface area (Å²) in [6.45, 7) is 7.89. The molecule has 1 aliphatic carbocycles. The molecule has 2 rings (SSSR count). The average molecular weight is 334 g/mol. The number of anilines is 1. The highest BCUT2D eigenvalue weighted by Crippen LogP contribution is 2.39. The van der Waals surface area contributed by atoms with Crippen molar-refractivity contribution in [1.82, 2.24) is 0 Å². The number of esters is 1. The average Bonchev–Trinajstić information content (AvgIpc) is 2.63. The Bertz CT molecular complexity index is 622. The molecule has 23 heavy (non-hydrogen) atoms. The number of nitriles is 1. The molecule has 0 amide bonds. The summed E-state index contributed by atoms with van der Waals surface area (Å²) in [6, 6.07) is 2.25. The molecule has 0 saturated heterocycles. The zero-order valence-corrected chi connectivity index (χ0v) is 15.3. The third-order valence-corrected chi connectivity index (χ3v) is 5.56. The summed E-state index contributed by atoms with van der Waals surface area (Å²) in [5.74, 6) is 0.806. The number of nitrogens with zero attached hydrogens (tertiary/aromatic N) is 1. The molecule has 0 bridgehead atoms. The number of nitrogens with two attached hydrogens (primary N) is 1. The quantitative estimate of drug-likeness (QED) is 0.668. The molecule has 2 N–H and O–H groups in total. The van der Waals surface area contributed by atoms with Gasteiger partial charge in [-0.15, -0.1) is 11.3 Å². The monoisotopic (exact) mass is 334 g/mol. The molecule has 0 aromatic carbocycles. The molecule has 1 aromatic rings. The van der Waals surface area contributed by atoms with E-state index in [1.165, 1.54) is 4.88 Å². The summed E-state index contributed by atoms with van der Waals surface area (Å²) in [4.78, 5) is 13.2. The van der Waals surface area contributed by atoms with Gasteiger partial charge in [0.2, 0.25) is 0 Å². The fourth-order valence-corrected chi connectivity index (χ4v) is 4.35. The SMILES string of the molecule is C[C@H]1Cc2c(sc(N)c2C#N)CCC1CCC(=O)OC(C)(C)C. The molecule has 0 spiro atoms. The lowest BCUT2D eigenvalue weighted by atomic mass is 9.85. The van der Waals surface area contributed by atoms with Crippen LogP contribution in [-0.2, 0) is 22.4 Å². The van der Waals surface area contributed by atoms with E-state index in [1.807, 2.05) is 20.8 Å². The van der Waals surface area contributed by atoms with Crippen LogP contribution < -0.4 is 5.73 Å². The third kappa shape index (κ3) is 4.48. The Morgan fingerprint density at radius 3 is 2.78 bits per heavy atom. The number of nitrogen functional groups attached to an aromatic ring is 1. The molecule has 1 heterocycles. The molecule has 0 aliphatic heterocycles. The van der Waals surface area contributed by atoms with Crippen LogP contribution in [0.3, 0.4) is 0 Å². The number of fused-ring (bicyclic) bond motifs is 1. The van der Waals surface area contributed by atoms with E-state index in [0.717, 1.165) is 31.2 Å². The minimum atomic E-state index is -0.421. The van der Waals surface area contributed by atoms with Crippen molar-refractivity contribution in [2.45, 2.75) is 65.4 Å². The van der Waals surface area contributed by atoms with Gasteiger partial charge in [-0.25, -0.2) is 0 Å². The van der Waals surface area contributed by atoms with Gasteiger partial charge < -0.3 is 10.5 Å². The van der Waals surface area contributed by atoms with Crippen LogP contribution in [-0.4, -0.2) is 11.6 Å². The number of carbonyl (C=O) groups is 1. The van der Waals surface area contributed by atoms with E-state index in [9.17, 15) is 10.1 Å². The second-order valence-corrected chi connectivity index (χ2v) is 8.60. The molecular weight excluding hydrogens is 308 g/mol. The van der Waals surface area contributed by atoms with Crippen molar-refractivity contribution in [3.8, 4) is 6.07 Å². The van der Waals surface area contributed by atoms with Gasteiger partial charge in [0.25, 0.3) is 0 Å². The molecule has 5 heteroatoms. The molecule has 1 aliphatic rings. The first-order chi connectivity index (χ1) is 10.7. The molecule has 1 aromatic heterocycles. The van der Waals surface area contributed by atoms with Crippen LogP contribution >= 0.6 is 11.3 Å². The van der Waals surface area contributed by atoms with E-state index in [2.05, 4.69) is 13.0 Å². The van der Waals surface area contributed by atoms with Gasteiger partial charge in [-0.2, -0.15) is 5.26 Å². The predicted octanol–water partition coefficient (Wildman–Crippen LogP) is 4.06. The van der Waals surface area contributed by atoms with Crippen LogP contribution in [0.5, 0.6) is 0 Å². The molecule has 1 unspecified atom stereocenters. The smallest absolute Gasteiger partial charge is 0.306 e. The zero-order chi connectivity index (χ0) is 17.2. The number of carbonyl (C=O) groups excluding carboxylic acids is 1. The minimum absolute atomic E-state index is 0.120. The summed E-state index contributed by atoms with van der Waals surface area (Å²) >= 11 is 1.55. The van der Waals surface area contributed by atoms with Gasteiger partial charge in [0.1, 0.15) is 16.7 Å². The maximum atomic E-state index is 11.9. The second-order valence-electron chi connectivity index (χ2n) is 7.46. The normalized spacial score (nSPS) is 21.2. The maximum absolute atomic E-state index is 11.9. The van der Waals surface area contributed by atoms with Crippen LogP contribution in [0.25, 0.3) is 0 Å². The standard InChI is InChI=1S/C18H26N2O2S/c1-11-9-13-14(10-19)17(20)23-15(13)7-5-12(11)6-8-16(21)22-18(2,3)4/h11-12H,5-9,20H2,1-4H3/t11-,12?/m0/s1. The highest BCUT2D eigenvalue weighted by molar-refractivity contribution is 7.16. The van der Waals surface area contributed by atoms with Crippen LogP contribution in [0.15, 0.2) is 0 Å². The van der Waals surface area contributed by atoms with Gasteiger partial charge >= 0.3 is 5.97 Å². The lowest BCUT2D eigenvalue weighted by molar-refractivity contribution is -0.155. The van der Waals surface area contributed by atoms with E-state index >= 15 is 0 Å². The first-order valence-electron chi connectivity index (χ1n) is 8.23. The molecule has 2 atom stereocenters. The Hall–Kier alpha value is -1.54. The molecule has 4 nitrogen and oxygen atoms in total. The number of ether oxygens (including phenoxy) is 1. The van der Waals surface area contributed by atoms with Gasteiger partial charge in [0, 0.05) is 11.3 Å². The molecule has 0 saturated carbocycles. The Balaban J connectivity index is 1.99. The summed E-state index contributed by atoms with van der Waals surface area (Å²) in [5, 5.41) is 9.96. The minimum Gasteiger partial charge on any atom is -0.460 e. The lowest BCUT2D eigenvalue weighted by Gasteiger charge is -2.23. The Morgan fingerprint density at radius 2 is 2.17 bits per heavy atom. The first-order valence-corrected chi connectivity index (χ1v) is 9.05. The molecular formula is C18H26N2O2S. The zero-order valence-electron chi connectivity index (χ0n) is 14.4. The van der Waals surface area contributed by atoms with E-state index in [0.29, 0.717) is 28.8 Å². The predicted molar refractivity (Wildman–Crippen MR) is 93.2 cm³/mol. The van der Waals surface area contributed by atoms with Crippen LogP contribution in [0.1, 0.15) is 63.0 Å². The van der Waals surface area contributed by atoms with Crippen molar-refractivity contribution in [3.63, 3.8) is 0 Å².